The molecule has 0 saturated carbocycles. The molecule has 9 heteroatoms. The van der Waals surface area contributed by atoms with Crippen molar-refractivity contribution < 1.29 is 28.2 Å². The van der Waals surface area contributed by atoms with Gasteiger partial charge in [0.1, 0.15) is 29.0 Å². The van der Waals surface area contributed by atoms with Gasteiger partial charge in [-0.25, -0.2) is 8.78 Å². The Bertz CT molecular complexity index is 1130. The maximum atomic E-state index is 14.7. The molecule has 2 heterocycles. The van der Waals surface area contributed by atoms with Crippen molar-refractivity contribution in [1.29, 1.82) is 0 Å². The first-order valence-corrected chi connectivity index (χ1v) is 11.8. The summed E-state index contributed by atoms with van der Waals surface area (Å²) in [6.07, 6.45) is 1.52. The van der Waals surface area contributed by atoms with Crippen LogP contribution in [0.3, 0.4) is 0 Å². The number of likely N-dealkylation sites (N-methyl/N-ethyl adjacent to an activating group) is 1. The molecular weight excluding hydrogens is 468 g/mol. The Morgan fingerprint density at radius 1 is 1.17 bits per heavy atom. The predicted octanol–water partition coefficient (Wildman–Crippen LogP) is 2.63. The maximum Gasteiger partial charge on any atom is 0.250 e. The number of hydrogen-bond acceptors (Lipinski definition) is 6. The molecule has 2 aromatic rings. The first kappa shape index (κ1) is 26.0. The lowest BCUT2D eigenvalue weighted by molar-refractivity contribution is -0.118. The number of fused-ring (bicyclic) bond motifs is 2. The van der Waals surface area contributed by atoms with Crippen LogP contribution in [0.4, 0.5) is 14.5 Å². The van der Waals surface area contributed by atoms with Crippen molar-refractivity contribution in [3.05, 3.63) is 89.0 Å². The highest BCUT2D eigenvalue weighted by molar-refractivity contribution is 5.97. The number of carbonyl (C=O) groups is 1. The second kappa shape index (κ2) is 10.9. The number of anilines is 1. The summed E-state index contributed by atoms with van der Waals surface area (Å²) in [7, 11) is 5.11. The predicted molar refractivity (Wildman–Crippen MR) is 132 cm³/mol. The van der Waals surface area contributed by atoms with Gasteiger partial charge in [0.2, 0.25) is 5.91 Å². The monoisotopic (exact) mass is 499 g/mol. The summed E-state index contributed by atoms with van der Waals surface area (Å²) < 4.78 is 41.0. The number of nitrogens with zero attached hydrogens (tertiary/aromatic N) is 1. The van der Waals surface area contributed by atoms with Gasteiger partial charge in [-0.3, -0.25) is 4.79 Å². The number of para-hydroxylation sites is 1. The average molecular weight is 500 g/mol. The van der Waals surface area contributed by atoms with Gasteiger partial charge in [0.25, 0.3) is 0 Å². The van der Waals surface area contributed by atoms with E-state index in [4.69, 9.17) is 9.47 Å². The van der Waals surface area contributed by atoms with E-state index in [9.17, 15) is 18.7 Å². The van der Waals surface area contributed by atoms with Crippen molar-refractivity contribution in [2.75, 3.05) is 39.6 Å². The molecule has 2 aliphatic heterocycles. The fraction of sp³-hybridized carbons (Fsp3) is 0.370. The molecule has 1 amide bonds. The summed E-state index contributed by atoms with van der Waals surface area (Å²) >= 11 is 0. The number of methoxy groups -OCH3 is 1. The van der Waals surface area contributed by atoms with Crippen LogP contribution in [0.5, 0.6) is 0 Å². The highest BCUT2D eigenvalue weighted by Gasteiger charge is 2.57. The molecule has 192 valence electrons. The van der Waals surface area contributed by atoms with E-state index in [-0.39, 0.29) is 23.3 Å². The maximum absolute atomic E-state index is 14.7. The number of ether oxygens (including phenoxy) is 2. The van der Waals surface area contributed by atoms with Crippen LogP contribution in [0.2, 0.25) is 0 Å². The van der Waals surface area contributed by atoms with Gasteiger partial charge in [-0.15, -0.1) is 0 Å². The Hall–Kier alpha value is -3.11. The van der Waals surface area contributed by atoms with Crippen LogP contribution < -0.4 is 10.6 Å². The van der Waals surface area contributed by atoms with E-state index in [0.717, 1.165) is 17.7 Å². The van der Waals surface area contributed by atoms with Crippen molar-refractivity contribution in [2.24, 2.45) is 0 Å². The molecule has 2 bridgehead atoms. The van der Waals surface area contributed by atoms with Crippen LogP contribution in [-0.2, 0) is 20.7 Å². The van der Waals surface area contributed by atoms with E-state index in [1.54, 1.807) is 12.2 Å². The number of carbonyl (C=O) groups excluding carboxylic acids is 1. The largest absolute Gasteiger partial charge is 0.374 e. The second-order valence-electron chi connectivity index (χ2n) is 9.15. The van der Waals surface area contributed by atoms with Gasteiger partial charge in [0.15, 0.2) is 6.29 Å². The third-order valence-electron chi connectivity index (χ3n) is 6.48. The standard InChI is InChI=1S/C27H31F2N3O4/c1-32(2)15-14-30-25(33)22-20-12-13-27(36-20,23(22)26(34)35-3)21(16-17-8-5-4-6-9-17)31-24-18(28)10-7-11-19(24)29/h4-13,20-21,26,31,34H,14-16H2,1-3H3,(H,30,33). The zero-order valence-corrected chi connectivity index (χ0v) is 20.5. The molecule has 4 rings (SSSR count). The molecule has 4 unspecified atom stereocenters. The smallest absolute Gasteiger partial charge is 0.250 e. The normalized spacial score (nSPS) is 22.2. The fourth-order valence-corrected chi connectivity index (χ4v) is 4.73. The quantitative estimate of drug-likeness (QED) is 0.326. The van der Waals surface area contributed by atoms with Gasteiger partial charge in [-0.2, -0.15) is 0 Å². The Morgan fingerprint density at radius 2 is 1.86 bits per heavy atom. The minimum atomic E-state index is -1.47. The summed E-state index contributed by atoms with van der Waals surface area (Å²) in [6.45, 7) is 1.01. The molecular formula is C27H31F2N3O4. The molecule has 0 radical (unpaired) electrons. The van der Waals surface area contributed by atoms with Gasteiger partial charge < -0.3 is 30.1 Å². The number of nitrogens with one attached hydrogen (secondary N) is 2. The molecule has 2 aliphatic rings. The molecule has 4 atom stereocenters. The van der Waals surface area contributed by atoms with E-state index in [0.29, 0.717) is 13.1 Å². The highest BCUT2D eigenvalue weighted by Crippen LogP contribution is 2.48. The molecule has 0 fully saturated rings. The van der Waals surface area contributed by atoms with Gasteiger partial charge in [-0.05, 0) is 44.3 Å². The van der Waals surface area contributed by atoms with Gasteiger partial charge >= 0.3 is 0 Å². The third-order valence-corrected chi connectivity index (χ3v) is 6.48. The van der Waals surface area contributed by atoms with Crippen molar-refractivity contribution >= 4 is 11.6 Å². The first-order chi connectivity index (χ1) is 17.3. The van der Waals surface area contributed by atoms with Crippen LogP contribution in [0.15, 0.2) is 71.8 Å². The minimum Gasteiger partial charge on any atom is -0.374 e. The zero-order chi connectivity index (χ0) is 25.9. The number of aliphatic hydroxyl groups excluding tert-OH is 1. The summed E-state index contributed by atoms with van der Waals surface area (Å²) in [5.74, 6) is -1.92. The summed E-state index contributed by atoms with van der Waals surface area (Å²) in [4.78, 5) is 15.2. The van der Waals surface area contributed by atoms with E-state index in [1.807, 2.05) is 49.3 Å². The molecule has 36 heavy (non-hydrogen) atoms. The number of halogens is 2. The minimum absolute atomic E-state index is 0.213. The summed E-state index contributed by atoms with van der Waals surface area (Å²) in [5, 5.41) is 16.8. The van der Waals surface area contributed by atoms with E-state index in [2.05, 4.69) is 10.6 Å². The lowest BCUT2D eigenvalue weighted by Gasteiger charge is -2.38. The topological polar surface area (TPSA) is 83.1 Å². The Balaban J connectivity index is 1.77. The second-order valence-corrected chi connectivity index (χ2v) is 9.15. The number of benzene rings is 2. The summed E-state index contributed by atoms with van der Waals surface area (Å²) in [6, 6.07) is 12.2. The molecule has 7 nitrogen and oxygen atoms in total. The molecule has 0 aromatic heterocycles. The number of amides is 1. The number of hydrogen-bond donors (Lipinski definition) is 3. The Morgan fingerprint density at radius 3 is 2.50 bits per heavy atom. The number of rotatable bonds is 11. The van der Waals surface area contributed by atoms with Gasteiger partial charge in [-0.1, -0.05) is 42.5 Å². The van der Waals surface area contributed by atoms with Crippen LogP contribution in [0, 0.1) is 11.6 Å². The Labute approximate surface area is 209 Å². The molecule has 0 spiro atoms. The molecule has 0 saturated heterocycles. The van der Waals surface area contributed by atoms with Crippen molar-refractivity contribution in [1.82, 2.24) is 10.2 Å². The highest BCUT2D eigenvalue weighted by atomic mass is 19.1. The molecule has 0 aliphatic carbocycles. The average Bonchev–Trinajstić information content (AvgIpc) is 3.43. The van der Waals surface area contributed by atoms with Crippen LogP contribution in [0.1, 0.15) is 5.56 Å². The first-order valence-electron chi connectivity index (χ1n) is 11.8. The summed E-state index contributed by atoms with van der Waals surface area (Å²) in [5.41, 5.74) is -0.386. The van der Waals surface area contributed by atoms with Crippen molar-refractivity contribution in [3.8, 4) is 0 Å². The third kappa shape index (κ3) is 5.05. The lowest BCUT2D eigenvalue weighted by Crippen LogP contribution is -2.50. The SMILES string of the molecule is COC(O)C1=C(C(=O)NCCN(C)C)C2C=CC1(C(Cc1ccccc1)Nc1c(F)cccc1F)O2. The van der Waals surface area contributed by atoms with Crippen molar-refractivity contribution in [3.63, 3.8) is 0 Å². The van der Waals surface area contributed by atoms with Crippen LogP contribution in [-0.4, -0.2) is 74.2 Å². The van der Waals surface area contributed by atoms with E-state index < -0.39 is 41.6 Å². The molecule has 2 aromatic carbocycles. The number of aliphatic hydroxyl groups is 1. The van der Waals surface area contributed by atoms with Gasteiger partial charge in [0.05, 0.1) is 11.6 Å². The van der Waals surface area contributed by atoms with E-state index in [1.165, 1.54) is 13.2 Å². The lowest BCUT2D eigenvalue weighted by atomic mass is 9.78. The van der Waals surface area contributed by atoms with Crippen LogP contribution in [0.25, 0.3) is 0 Å². The van der Waals surface area contributed by atoms with E-state index >= 15 is 0 Å². The van der Waals surface area contributed by atoms with Crippen molar-refractivity contribution in [2.45, 2.75) is 30.5 Å². The zero-order valence-electron chi connectivity index (χ0n) is 20.5. The fourth-order valence-electron chi connectivity index (χ4n) is 4.73. The van der Waals surface area contributed by atoms with Crippen LogP contribution >= 0.6 is 0 Å². The Kier molecular flexibility index (Phi) is 7.85. The van der Waals surface area contributed by atoms with Gasteiger partial charge in [0, 0.05) is 25.8 Å². The molecule has 3 N–H and O–H groups in total.